The van der Waals surface area contributed by atoms with E-state index < -0.39 is 0 Å². The first-order valence-corrected chi connectivity index (χ1v) is 7.52. The number of aryl methyl sites for hydroxylation is 1. The summed E-state index contributed by atoms with van der Waals surface area (Å²) in [4.78, 5) is 11.8. The zero-order valence-electron chi connectivity index (χ0n) is 12.0. The van der Waals surface area contributed by atoms with E-state index in [0.717, 1.165) is 35.8 Å². The summed E-state index contributed by atoms with van der Waals surface area (Å²) in [7, 11) is 1.92. The van der Waals surface area contributed by atoms with Crippen molar-refractivity contribution in [2.75, 3.05) is 18.9 Å². The van der Waals surface area contributed by atoms with Crippen molar-refractivity contribution in [3.05, 3.63) is 17.6 Å². The summed E-state index contributed by atoms with van der Waals surface area (Å²) in [6.07, 6.45) is 7.00. The van der Waals surface area contributed by atoms with Crippen LogP contribution in [-0.2, 0) is 6.54 Å². The fraction of sp³-hybridized carbons (Fsp3) is 0.733. The Morgan fingerprint density at radius 3 is 2.95 bits per heavy atom. The van der Waals surface area contributed by atoms with Gasteiger partial charge >= 0.3 is 0 Å². The lowest BCUT2D eigenvalue weighted by molar-refractivity contribution is 0.172. The van der Waals surface area contributed by atoms with Crippen LogP contribution in [0.5, 0.6) is 0 Å². The van der Waals surface area contributed by atoms with Crippen molar-refractivity contribution in [2.45, 2.75) is 51.6 Å². The van der Waals surface area contributed by atoms with Crippen LogP contribution in [0.25, 0.3) is 0 Å². The first-order valence-electron chi connectivity index (χ1n) is 7.52. The average Bonchev–Trinajstić information content (AvgIpc) is 2.82. The molecule has 0 bridgehead atoms. The molecule has 104 valence electrons. The second kappa shape index (κ2) is 5.45. The molecule has 2 unspecified atom stereocenters. The number of rotatable bonds is 3. The van der Waals surface area contributed by atoms with Crippen LogP contribution in [0.3, 0.4) is 0 Å². The third kappa shape index (κ3) is 2.73. The Bertz CT molecular complexity index is 446. The van der Waals surface area contributed by atoms with Crippen LogP contribution in [0.1, 0.15) is 43.6 Å². The van der Waals surface area contributed by atoms with Crippen molar-refractivity contribution in [3.8, 4) is 0 Å². The molecule has 2 aliphatic rings. The SMILES string of the molecule is CNc1cc(C)nc(CN2CCC3CCCCC32)n1. The van der Waals surface area contributed by atoms with E-state index in [0.29, 0.717) is 0 Å². The Balaban J connectivity index is 1.72. The molecule has 1 aliphatic heterocycles. The van der Waals surface area contributed by atoms with E-state index in [-0.39, 0.29) is 0 Å². The molecule has 0 aromatic carbocycles. The minimum absolute atomic E-state index is 0.788. The molecule has 0 radical (unpaired) electrons. The van der Waals surface area contributed by atoms with Crippen LogP contribution in [0.15, 0.2) is 6.07 Å². The highest BCUT2D eigenvalue weighted by Crippen LogP contribution is 2.36. The molecule has 4 heteroatoms. The second-order valence-corrected chi connectivity index (χ2v) is 5.93. The van der Waals surface area contributed by atoms with Crippen LogP contribution in [0.4, 0.5) is 5.82 Å². The average molecular weight is 260 g/mol. The Morgan fingerprint density at radius 1 is 1.26 bits per heavy atom. The van der Waals surface area contributed by atoms with Gasteiger partial charge in [-0.05, 0) is 38.6 Å². The Labute approximate surface area is 115 Å². The van der Waals surface area contributed by atoms with Gasteiger partial charge in [0.25, 0.3) is 0 Å². The van der Waals surface area contributed by atoms with Crippen LogP contribution >= 0.6 is 0 Å². The van der Waals surface area contributed by atoms with Crippen molar-refractivity contribution in [1.82, 2.24) is 14.9 Å². The van der Waals surface area contributed by atoms with E-state index in [4.69, 9.17) is 0 Å². The lowest BCUT2D eigenvalue weighted by atomic mass is 9.85. The number of nitrogens with zero attached hydrogens (tertiary/aromatic N) is 3. The molecule has 2 fully saturated rings. The molecule has 1 aromatic heterocycles. The summed E-state index contributed by atoms with van der Waals surface area (Å²) in [5, 5.41) is 3.12. The molecule has 1 saturated carbocycles. The van der Waals surface area contributed by atoms with Crippen molar-refractivity contribution in [2.24, 2.45) is 5.92 Å². The van der Waals surface area contributed by atoms with Crippen molar-refractivity contribution in [3.63, 3.8) is 0 Å². The zero-order chi connectivity index (χ0) is 13.2. The maximum absolute atomic E-state index is 4.59. The fourth-order valence-electron chi connectivity index (χ4n) is 3.71. The highest BCUT2D eigenvalue weighted by atomic mass is 15.2. The monoisotopic (exact) mass is 260 g/mol. The van der Waals surface area contributed by atoms with E-state index in [9.17, 15) is 0 Å². The molecule has 0 spiro atoms. The number of anilines is 1. The van der Waals surface area contributed by atoms with E-state index in [1.54, 1.807) is 0 Å². The molecule has 1 aromatic rings. The second-order valence-electron chi connectivity index (χ2n) is 5.93. The highest BCUT2D eigenvalue weighted by molar-refractivity contribution is 5.34. The van der Waals surface area contributed by atoms with Gasteiger partial charge in [0.2, 0.25) is 0 Å². The number of hydrogen-bond acceptors (Lipinski definition) is 4. The molecule has 3 rings (SSSR count). The number of nitrogens with one attached hydrogen (secondary N) is 1. The number of hydrogen-bond donors (Lipinski definition) is 1. The van der Waals surface area contributed by atoms with Gasteiger partial charge in [0, 0.05) is 24.8 Å². The Morgan fingerprint density at radius 2 is 2.11 bits per heavy atom. The third-order valence-electron chi connectivity index (χ3n) is 4.63. The van der Waals surface area contributed by atoms with Gasteiger partial charge in [0.1, 0.15) is 11.6 Å². The fourth-order valence-corrected chi connectivity index (χ4v) is 3.71. The minimum Gasteiger partial charge on any atom is -0.373 e. The predicted molar refractivity (Wildman–Crippen MR) is 77.1 cm³/mol. The van der Waals surface area contributed by atoms with E-state index in [1.165, 1.54) is 38.6 Å². The topological polar surface area (TPSA) is 41.1 Å². The first-order chi connectivity index (χ1) is 9.26. The van der Waals surface area contributed by atoms with Crippen LogP contribution in [0.2, 0.25) is 0 Å². The van der Waals surface area contributed by atoms with Crippen LogP contribution < -0.4 is 5.32 Å². The van der Waals surface area contributed by atoms with Gasteiger partial charge in [0.05, 0.1) is 6.54 Å². The van der Waals surface area contributed by atoms with E-state index in [1.807, 2.05) is 20.0 Å². The lowest BCUT2D eigenvalue weighted by Crippen LogP contribution is -2.34. The molecule has 19 heavy (non-hydrogen) atoms. The van der Waals surface area contributed by atoms with E-state index in [2.05, 4.69) is 20.2 Å². The lowest BCUT2D eigenvalue weighted by Gasteiger charge is -2.31. The summed E-state index contributed by atoms with van der Waals surface area (Å²) in [5.74, 6) is 2.83. The van der Waals surface area contributed by atoms with Crippen LogP contribution in [0, 0.1) is 12.8 Å². The summed E-state index contributed by atoms with van der Waals surface area (Å²) >= 11 is 0. The van der Waals surface area contributed by atoms with Gasteiger partial charge in [-0.3, -0.25) is 4.90 Å². The quantitative estimate of drug-likeness (QED) is 0.907. The van der Waals surface area contributed by atoms with Crippen molar-refractivity contribution >= 4 is 5.82 Å². The minimum atomic E-state index is 0.788. The zero-order valence-corrected chi connectivity index (χ0v) is 12.0. The van der Waals surface area contributed by atoms with Gasteiger partial charge in [-0.1, -0.05) is 12.8 Å². The van der Waals surface area contributed by atoms with Gasteiger partial charge in [-0.15, -0.1) is 0 Å². The third-order valence-corrected chi connectivity index (χ3v) is 4.63. The first kappa shape index (κ1) is 12.9. The smallest absolute Gasteiger partial charge is 0.144 e. The highest BCUT2D eigenvalue weighted by Gasteiger charge is 2.35. The largest absolute Gasteiger partial charge is 0.373 e. The number of likely N-dealkylation sites (tertiary alicyclic amines) is 1. The maximum Gasteiger partial charge on any atom is 0.144 e. The molecule has 2 atom stereocenters. The van der Waals surface area contributed by atoms with Crippen molar-refractivity contribution in [1.29, 1.82) is 0 Å². The number of aromatic nitrogens is 2. The van der Waals surface area contributed by atoms with Crippen LogP contribution in [-0.4, -0.2) is 34.5 Å². The maximum atomic E-state index is 4.59. The molecule has 0 amide bonds. The summed E-state index contributed by atoms with van der Waals surface area (Å²) in [6, 6.07) is 2.78. The van der Waals surface area contributed by atoms with E-state index >= 15 is 0 Å². The number of fused-ring (bicyclic) bond motifs is 1. The Hall–Kier alpha value is -1.16. The summed E-state index contributed by atoms with van der Waals surface area (Å²) in [6.45, 7) is 4.18. The van der Waals surface area contributed by atoms with Gasteiger partial charge in [0.15, 0.2) is 0 Å². The summed E-state index contributed by atoms with van der Waals surface area (Å²) < 4.78 is 0. The summed E-state index contributed by atoms with van der Waals surface area (Å²) in [5.41, 5.74) is 1.05. The Kier molecular flexibility index (Phi) is 3.69. The predicted octanol–water partition coefficient (Wildman–Crippen LogP) is 2.59. The molecule has 4 nitrogen and oxygen atoms in total. The molecular weight excluding hydrogens is 236 g/mol. The van der Waals surface area contributed by atoms with Gasteiger partial charge in [-0.25, -0.2) is 9.97 Å². The standard InChI is InChI=1S/C15H24N4/c1-11-9-14(16-2)18-15(17-11)10-19-8-7-12-5-3-4-6-13(12)19/h9,12-13H,3-8,10H2,1-2H3,(H,16,17,18). The molecule has 1 aliphatic carbocycles. The molecule has 2 heterocycles. The van der Waals surface area contributed by atoms with Crippen molar-refractivity contribution < 1.29 is 0 Å². The van der Waals surface area contributed by atoms with Gasteiger partial charge < -0.3 is 5.32 Å². The molecular formula is C15H24N4. The molecule has 1 N–H and O–H groups in total. The normalized spacial score (nSPS) is 27.3. The molecule has 1 saturated heterocycles. The van der Waals surface area contributed by atoms with Gasteiger partial charge in [-0.2, -0.15) is 0 Å².